The van der Waals surface area contributed by atoms with Crippen LogP contribution in [0, 0.1) is 12.5 Å². The number of carboxylic acid groups (broad SMARTS) is 1. The molecule has 1 saturated carbocycles. The standard InChI is InChI=1S/C18H15N7O4/c1-19-12-7-22-25-8-21-16(15(29-2)14(12)25)23-11-5-13(20-6-10(11)18(27)28)24-17(26)9-3-4-9/h5-9H,3-4H2,2H3,(H,27,28)(H2,20,23,24,26). The van der Waals surface area contributed by atoms with Crippen molar-refractivity contribution in [3.63, 3.8) is 0 Å². The van der Waals surface area contributed by atoms with Gasteiger partial charge in [-0.1, -0.05) is 0 Å². The van der Waals surface area contributed by atoms with Crippen LogP contribution in [-0.2, 0) is 4.79 Å². The van der Waals surface area contributed by atoms with Crippen LogP contribution < -0.4 is 15.4 Å². The SMILES string of the molecule is [C-]#[N+]c1cnn2cnc(Nc3cc(NC(=O)C4CC4)ncc3C(=O)O)c(OC)c12. The Bertz CT molecular complexity index is 1180. The quantitative estimate of drug-likeness (QED) is 0.544. The topological polar surface area (TPSA) is 135 Å². The summed E-state index contributed by atoms with van der Waals surface area (Å²) in [5, 5.41) is 19.1. The van der Waals surface area contributed by atoms with Crippen LogP contribution in [0.4, 0.5) is 23.0 Å². The van der Waals surface area contributed by atoms with Gasteiger partial charge in [0, 0.05) is 18.2 Å². The first kappa shape index (κ1) is 18.2. The molecule has 0 saturated heterocycles. The maximum Gasteiger partial charge on any atom is 0.339 e. The molecule has 0 bridgehead atoms. The van der Waals surface area contributed by atoms with Crippen molar-refractivity contribution in [3.8, 4) is 5.75 Å². The van der Waals surface area contributed by atoms with E-state index in [0.717, 1.165) is 19.0 Å². The third-order valence-electron chi connectivity index (χ3n) is 4.41. The van der Waals surface area contributed by atoms with Crippen molar-refractivity contribution in [1.29, 1.82) is 0 Å². The zero-order valence-corrected chi connectivity index (χ0v) is 15.2. The highest BCUT2D eigenvalue weighted by molar-refractivity contribution is 5.98. The van der Waals surface area contributed by atoms with E-state index >= 15 is 0 Å². The lowest BCUT2D eigenvalue weighted by molar-refractivity contribution is -0.117. The van der Waals surface area contributed by atoms with Gasteiger partial charge in [-0.15, -0.1) is 0 Å². The summed E-state index contributed by atoms with van der Waals surface area (Å²) in [7, 11) is 1.41. The van der Waals surface area contributed by atoms with Crippen molar-refractivity contribution in [3.05, 3.63) is 41.8 Å². The Hall–Kier alpha value is -4.20. The molecule has 1 aliphatic carbocycles. The van der Waals surface area contributed by atoms with Crippen molar-refractivity contribution in [1.82, 2.24) is 19.6 Å². The molecule has 11 nitrogen and oxygen atoms in total. The number of amides is 1. The average Bonchev–Trinajstić information content (AvgIpc) is 3.48. The van der Waals surface area contributed by atoms with E-state index in [4.69, 9.17) is 11.3 Å². The summed E-state index contributed by atoms with van der Waals surface area (Å²) < 4.78 is 6.80. The molecule has 11 heteroatoms. The van der Waals surface area contributed by atoms with Crippen LogP contribution in [0.5, 0.6) is 5.75 Å². The summed E-state index contributed by atoms with van der Waals surface area (Å²) in [6, 6.07) is 1.42. The van der Waals surface area contributed by atoms with Crippen LogP contribution >= 0.6 is 0 Å². The van der Waals surface area contributed by atoms with Gasteiger partial charge in [0.1, 0.15) is 23.2 Å². The second kappa shape index (κ2) is 7.08. The number of hydrogen-bond acceptors (Lipinski definition) is 7. The van der Waals surface area contributed by atoms with Gasteiger partial charge in [0.25, 0.3) is 0 Å². The molecule has 4 rings (SSSR count). The fraction of sp³-hybridized carbons (Fsp3) is 0.222. The minimum Gasteiger partial charge on any atom is -0.492 e. The maximum absolute atomic E-state index is 12.0. The molecule has 0 atom stereocenters. The Morgan fingerprint density at radius 3 is 2.79 bits per heavy atom. The van der Waals surface area contributed by atoms with Gasteiger partial charge in [-0.2, -0.15) is 5.10 Å². The minimum atomic E-state index is -1.20. The molecule has 1 amide bonds. The van der Waals surface area contributed by atoms with Gasteiger partial charge < -0.3 is 20.5 Å². The van der Waals surface area contributed by atoms with Crippen LogP contribution in [0.1, 0.15) is 23.2 Å². The highest BCUT2D eigenvalue weighted by Gasteiger charge is 2.30. The average molecular weight is 393 g/mol. The van der Waals surface area contributed by atoms with Gasteiger partial charge in [-0.05, 0) is 12.8 Å². The molecule has 0 aromatic carbocycles. The second-order valence-electron chi connectivity index (χ2n) is 6.37. The maximum atomic E-state index is 12.0. The predicted octanol–water partition coefficient (Wildman–Crippen LogP) is 2.47. The fourth-order valence-electron chi connectivity index (χ4n) is 2.81. The summed E-state index contributed by atoms with van der Waals surface area (Å²) >= 11 is 0. The lowest BCUT2D eigenvalue weighted by atomic mass is 10.2. The Morgan fingerprint density at radius 2 is 2.14 bits per heavy atom. The molecule has 3 heterocycles. The Kier molecular flexibility index (Phi) is 4.44. The monoisotopic (exact) mass is 393 g/mol. The summed E-state index contributed by atoms with van der Waals surface area (Å²) in [6.45, 7) is 7.28. The lowest BCUT2D eigenvalue weighted by Crippen LogP contribution is -2.15. The number of nitrogens with zero attached hydrogens (tertiary/aromatic N) is 5. The zero-order chi connectivity index (χ0) is 20.5. The Labute approximate surface area is 164 Å². The minimum absolute atomic E-state index is 0.0227. The number of carboxylic acids is 1. The third-order valence-corrected chi connectivity index (χ3v) is 4.41. The number of fused-ring (bicyclic) bond motifs is 1. The molecule has 0 radical (unpaired) electrons. The number of nitrogens with one attached hydrogen (secondary N) is 2. The summed E-state index contributed by atoms with van der Waals surface area (Å²) in [5.74, 6) is -0.728. The predicted molar refractivity (Wildman–Crippen MR) is 102 cm³/mol. The van der Waals surface area contributed by atoms with Crippen LogP contribution in [0.25, 0.3) is 10.4 Å². The highest BCUT2D eigenvalue weighted by atomic mass is 16.5. The van der Waals surface area contributed by atoms with E-state index in [1.165, 1.54) is 30.2 Å². The molecule has 3 N–H and O–H groups in total. The molecular weight excluding hydrogens is 378 g/mol. The Balaban J connectivity index is 1.75. The number of hydrogen-bond donors (Lipinski definition) is 3. The van der Waals surface area contributed by atoms with E-state index in [1.54, 1.807) is 0 Å². The molecule has 1 aliphatic rings. The number of rotatable bonds is 6. The van der Waals surface area contributed by atoms with Gasteiger partial charge in [0.15, 0.2) is 11.6 Å². The second-order valence-corrected chi connectivity index (χ2v) is 6.37. The number of carbonyl (C=O) groups is 2. The van der Waals surface area contributed by atoms with E-state index < -0.39 is 5.97 Å². The van der Waals surface area contributed by atoms with E-state index in [2.05, 4.69) is 30.5 Å². The van der Waals surface area contributed by atoms with E-state index in [1.807, 2.05) is 0 Å². The smallest absolute Gasteiger partial charge is 0.339 e. The van der Waals surface area contributed by atoms with Crippen LogP contribution in [-0.4, -0.2) is 43.7 Å². The van der Waals surface area contributed by atoms with Gasteiger partial charge in [0.05, 0.1) is 25.6 Å². The largest absolute Gasteiger partial charge is 0.492 e. The van der Waals surface area contributed by atoms with Crippen molar-refractivity contribution in [2.45, 2.75) is 12.8 Å². The van der Waals surface area contributed by atoms with E-state index in [9.17, 15) is 14.7 Å². The number of pyridine rings is 1. The number of ether oxygens (including phenoxy) is 1. The highest BCUT2D eigenvalue weighted by Crippen LogP contribution is 2.36. The normalized spacial score (nSPS) is 13.0. The first-order valence-electron chi connectivity index (χ1n) is 8.60. The van der Waals surface area contributed by atoms with E-state index in [-0.39, 0.29) is 46.1 Å². The first-order chi connectivity index (χ1) is 14.0. The third kappa shape index (κ3) is 3.39. The first-order valence-corrected chi connectivity index (χ1v) is 8.60. The number of carbonyl (C=O) groups excluding carboxylic acids is 1. The zero-order valence-electron chi connectivity index (χ0n) is 15.2. The molecule has 29 heavy (non-hydrogen) atoms. The Morgan fingerprint density at radius 1 is 1.34 bits per heavy atom. The molecule has 3 aromatic heterocycles. The van der Waals surface area contributed by atoms with Crippen molar-refractivity contribution in [2.24, 2.45) is 5.92 Å². The molecule has 0 aliphatic heterocycles. The molecule has 1 fully saturated rings. The summed E-state index contributed by atoms with van der Waals surface area (Å²) in [6.07, 6.45) is 5.59. The van der Waals surface area contributed by atoms with Gasteiger partial charge in [0.2, 0.25) is 11.6 Å². The van der Waals surface area contributed by atoms with Gasteiger partial charge in [-0.3, -0.25) is 4.79 Å². The molecule has 0 spiro atoms. The number of aromatic carboxylic acids is 1. The summed E-state index contributed by atoms with van der Waals surface area (Å²) in [4.78, 5) is 35.2. The van der Waals surface area contributed by atoms with E-state index in [0.29, 0.717) is 5.52 Å². The van der Waals surface area contributed by atoms with Crippen molar-refractivity contribution >= 4 is 40.4 Å². The summed E-state index contributed by atoms with van der Waals surface area (Å²) in [5.41, 5.74) is 0.709. The molecule has 3 aromatic rings. The van der Waals surface area contributed by atoms with Crippen molar-refractivity contribution < 1.29 is 19.4 Å². The van der Waals surface area contributed by atoms with Crippen LogP contribution in [0.2, 0.25) is 0 Å². The van der Waals surface area contributed by atoms with Gasteiger partial charge in [-0.25, -0.2) is 24.1 Å². The van der Waals surface area contributed by atoms with Crippen LogP contribution in [0.15, 0.2) is 24.8 Å². The van der Waals surface area contributed by atoms with Gasteiger partial charge >= 0.3 is 5.97 Å². The van der Waals surface area contributed by atoms with Crippen molar-refractivity contribution in [2.75, 3.05) is 17.7 Å². The van der Waals surface area contributed by atoms with Crippen LogP contribution in [0.3, 0.4) is 0 Å². The molecule has 146 valence electrons. The molecular formula is C18H15N7O4. The fourth-order valence-corrected chi connectivity index (χ4v) is 2.81. The number of anilines is 3. The number of methoxy groups -OCH3 is 1. The molecule has 0 unspecified atom stereocenters. The lowest BCUT2D eigenvalue weighted by Gasteiger charge is -2.14. The number of aromatic nitrogens is 4.